The van der Waals surface area contributed by atoms with Crippen molar-refractivity contribution in [3.05, 3.63) is 29.3 Å². The molecule has 3 aliphatic carbocycles. The van der Waals surface area contributed by atoms with Crippen LogP contribution < -0.4 is 0 Å². The van der Waals surface area contributed by atoms with Crippen LogP contribution in [0.15, 0.2) is 18.2 Å². The first-order valence-electron chi connectivity index (χ1n) is 9.64. The highest BCUT2D eigenvalue weighted by atomic mass is 19.3. The van der Waals surface area contributed by atoms with Crippen molar-refractivity contribution >= 4 is 5.97 Å². The summed E-state index contributed by atoms with van der Waals surface area (Å²) in [7, 11) is 0. The van der Waals surface area contributed by atoms with Gasteiger partial charge in [0.25, 0.3) is 5.92 Å². The van der Waals surface area contributed by atoms with Gasteiger partial charge in [0.1, 0.15) is 5.75 Å². The van der Waals surface area contributed by atoms with Gasteiger partial charge < -0.3 is 10.2 Å². The van der Waals surface area contributed by atoms with Gasteiger partial charge in [-0.2, -0.15) is 0 Å². The number of aryl methyl sites for hydroxylation is 1. The third-order valence-electron chi connectivity index (χ3n) is 7.55. The molecule has 0 saturated heterocycles. The lowest BCUT2D eigenvalue weighted by Gasteiger charge is -2.51. The lowest BCUT2D eigenvalue weighted by molar-refractivity contribution is -0.137. The van der Waals surface area contributed by atoms with Crippen LogP contribution in [0.5, 0.6) is 5.75 Å². The SMILES string of the molecule is C[C@]12CCC3c4ccc(O)cc4CCC3C1[C@H](CCC(=O)O)CC2(F)F. The zero-order valence-electron chi connectivity index (χ0n) is 15.0. The summed E-state index contributed by atoms with van der Waals surface area (Å²) in [4.78, 5) is 11.0. The van der Waals surface area contributed by atoms with Crippen molar-refractivity contribution in [3.8, 4) is 5.75 Å². The van der Waals surface area contributed by atoms with Crippen LogP contribution in [0.3, 0.4) is 0 Å². The molecule has 1 aromatic carbocycles. The molecule has 2 N–H and O–H groups in total. The first kappa shape index (κ1) is 17.7. The summed E-state index contributed by atoms with van der Waals surface area (Å²) < 4.78 is 29.9. The summed E-state index contributed by atoms with van der Waals surface area (Å²) in [6.45, 7) is 1.74. The largest absolute Gasteiger partial charge is 0.508 e. The molecule has 3 aliphatic rings. The van der Waals surface area contributed by atoms with Crippen LogP contribution in [0.4, 0.5) is 8.78 Å². The second-order valence-electron chi connectivity index (χ2n) is 8.78. The summed E-state index contributed by atoms with van der Waals surface area (Å²) in [5, 5.41) is 18.8. The molecule has 2 saturated carbocycles. The number of phenolic OH excluding ortho intramolecular Hbond substituents is 1. The first-order valence-corrected chi connectivity index (χ1v) is 9.64. The van der Waals surface area contributed by atoms with E-state index in [0.29, 0.717) is 12.8 Å². The second-order valence-corrected chi connectivity index (χ2v) is 8.78. The van der Waals surface area contributed by atoms with Crippen LogP contribution in [0.2, 0.25) is 0 Å². The zero-order chi connectivity index (χ0) is 18.7. The van der Waals surface area contributed by atoms with Gasteiger partial charge in [0.15, 0.2) is 0 Å². The van der Waals surface area contributed by atoms with E-state index in [1.54, 1.807) is 13.0 Å². The number of alkyl halides is 2. The van der Waals surface area contributed by atoms with Crippen LogP contribution in [-0.4, -0.2) is 22.1 Å². The molecule has 0 amide bonds. The smallest absolute Gasteiger partial charge is 0.303 e. The predicted octanol–water partition coefficient (Wildman–Crippen LogP) is 4.97. The van der Waals surface area contributed by atoms with E-state index in [1.807, 2.05) is 12.1 Å². The summed E-state index contributed by atoms with van der Waals surface area (Å²) in [5.74, 6) is -3.29. The van der Waals surface area contributed by atoms with Crippen molar-refractivity contribution in [1.29, 1.82) is 0 Å². The quantitative estimate of drug-likeness (QED) is 0.796. The Balaban J connectivity index is 1.69. The van der Waals surface area contributed by atoms with Gasteiger partial charge in [-0.1, -0.05) is 13.0 Å². The number of carboxylic acid groups (broad SMARTS) is 1. The fraction of sp³-hybridized carbons (Fsp3) is 0.667. The Bertz CT molecular complexity index is 732. The molecule has 4 rings (SSSR count). The number of hydrogen-bond donors (Lipinski definition) is 2. The number of carbonyl (C=O) groups is 1. The van der Waals surface area contributed by atoms with Gasteiger partial charge in [0.05, 0.1) is 0 Å². The van der Waals surface area contributed by atoms with E-state index in [0.717, 1.165) is 24.8 Å². The normalized spacial score (nSPS) is 37.5. The average molecular weight is 364 g/mol. The number of fused-ring (bicyclic) bond motifs is 5. The topological polar surface area (TPSA) is 57.5 Å². The highest BCUT2D eigenvalue weighted by molar-refractivity contribution is 5.66. The minimum absolute atomic E-state index is 0.0326. The number of hydrogen-bond acceptors (Lipinski definition) is 2. The lowest BCUT2D eigenvalue weighted by Crippen LogP contribution is -2.47. The highest BCUT2D eigenvalue weighted by Crippen LogP contribution is 2.68. The van der Waals surface area contributed by atoms with E-state index in [4.69, 9.17) is 5.11 Å². The van der Waals surface area contributed by atoms with E-state index in [2.05, 4.69) is 0 Å². The Hall–Kier alpha value is -1.65. The summed E-state index contributed by atoms with van der Waals surface area (Å²) in [6, 6.07) is 5.47. The average Bonchev–Trinajstić information content (AvgIpc) is 2.78. The van der Waals surface area contributed by atoms with Crippen molar-refractivity contribution in [2.45, 2.75) is 63.7 Å². The third kappa shape index (κ3) is 2.54. The monoisotopic (exact) mass is 364 g/mol. The van der Waals surface area contributed by atoms with E-state index < -0.39 is 17.3 Å². The Labute approximate surface area is 152 Å². The van der Waals surface area contributed by atoms with Crippen molar-refractivity contribution < 1.29 is 23.8 Å². The molecule has 0 aromatic heterocycles. The molecule has 0 bridgehead atoms. The molecular formula is C21H26F2O3. The Morgan fingerprint density at radius 1 is 1.31 bits per heavy atom. The van der Waals surface area contributed by atoms with Gasteiger partial charge >= 0.3 is 5.97 Å². The molecule has 0 radical (unpaired) electrons. The first-order chi connectivity index (χ1) is 12.2. The maximum atomic E-state index is 15.0. The summed E-state index contributed by atoms with van der Waals surface area (Å²) >= 11 is 0. The molecule has 0 aliphatic heterocycles. The Morgan fingerprint density at radius 3 is 2.81 bits per heavy atom. The van der Waals surface area contributed by atoms with Gasteiger partial charge in [0, 0.05) is 18.3 Å². The molecule has 5 atom stereocenters. The van der Waals surface area contributed by atoms with Crippen molar-refractivity contribution in [2.24, 2.45) is 23.2 Å². The highest BCUT2D eigenvalue weighted by Gasteiger charge is 2.67. The lowest BCUT2D eigenvalue weighted by atomic mass is 9.53. The Morgan fingerprint density at radius 2 is 2.08 bits per heavy atom. The Kier molecular flexibility index (Phi) is 4.05. The molecule has 3 unspecified atom stereocenters. The minimum Gasteiger partial charge on any atom is -0.508 e. The van der Waals surface area contributed by atoms with E-state index in [1.165, 1.54) is 5.56 Å². The van der Waals surface area contributed by atoms with E-state index in [9.17, 15) is 18.7 Å². The predicted molar refractivity (Wildman–Crippen MR) is 93.4 cm³/mol. The molecular weight excluding hydrogens is 338 g/mol. The number of carboxylic acids is 1. The van der Waals surface area contributed by atoms with Crippen LogP contribution in [0.25, 0.3) is 0 Å². The van der Waals surface area contributed by atoms with Crippen molar-refractivity contribution in [3.63, 3.8) is 0 Å². The maximum Gasteiger partial charge on any atom is 0.303 e. The molecule has 1 aromatic rings. The summed E-state index contributed by atoms with van der Waals surface area (Å²) in [6.07, 6.45) is 3.02. The number of halogens is 2. The molecule has 26 heavy (non-hydrogen) atoms. The van der Waals surface area contributed by atoms with Gasteiger partial charge in [-0.05, 0) is 79.0 Å². The number of aromatic hydroxyl groups is 1. The van der Waals surface area contributed by atoms with Gasteiger partial charge in [-0.3, -0.25) is 4.79 Å². The van der Waals surface area contributed by atoms with E-state index in [-0.39, 0.29) is 42.3 Å². The number of phenols is 1. The number of benzene rings is 1. The summed E-state index contributed by atoms with van der Waals surface area (Å²) in [5.41, 5.74) is 1.32. The van der Waals surface area contributed by atoms with Gasteiger partial charge in [-0.25, -0.2) is 8.78 Å². The van der Waals surface area contributed by atoms with E-state index >= 15 is 0 Å². The van der Waals surface area contributed by atoms with Crippen molar-refractivity contribution in [2.75, 3.05) is 0 Å². The van der Waals surface area contributed by atoms with Crippen LogP contribution in [-0.2, 0) is 11.2 Å². The van der Waals surface area contributed by atoms with Crippen molar-refractivity contribution in [1.82, 2.24) is 0 Å². The molecule has 3 nitrogen and oxygen atoms in total. The standard InChI is InChI=1S/C21H26F2O3/c1-20-9-8-16-15-6-4-14(24)10-12(15)2-5-17(16)19(20)13(3-7-18(25)26)11-21(20,22)23/h4,6,10,13,16-17,19,24H,2-3,5,7-9,11H2,1H3,(H,25,26)/t13-,16?,17?,19?,20+/m1/s1. The second kappa shape index (κ2) is 5.93. The third-order valence-corrected chi connectivity index (χ3v) is 7.55. The zero-order valence-corrected chi connectivity index (χ0v) is 15.0. The molecule has 0 heterocycles. The molecule has 0 spiro atoms. The molecule has 2 fully saturated rings. The van der Waals surface area contributed by atoms with Gasteiger partial charge in [0.2, 0.25) is 0 Å². The van der Waals surface area contributed by atoms with Crippen LogP contribution >= 0.6 is 0 Å². The molecule has 142 valence electrons. The number of aliphatic carboxylic acids is 1. The van der Waals surface area contributed by atoms with Crippen LogP contribution in [0, 0.1) is 23.2 Å². The van der Waals surface area contributed by atoms with Gasteiger partial charge in [-0.15, -0.1) is 0 Å². The molecule has 5 heteroatoms. The number of rotatable bonds is 3. The van der Waals surface area contributed by atoms with Crippen LogP contribution in [0.1, 0.15) is 62.5 Å². The maximum absolute atomic E-state index is 15.0. The minimum atomic E-state index is -2.72. The fourth-order valence-electron chi connectivity index (χ4n) is 6.39. The fourth-order valence-corrected chi connectivity index (χ4v) is 6.39.